The van der Waals surface area contributed by atoms with E-state index in [4.69, 9.17) is 5.84 Å². The van der Waals surface area contributed by atoms with Gasteiger partial charge in [0, 0.05) is 6.54 Å². The smallest absolute Gasteiger partial charge is 0.177 e. The Morgan fingerprint density at radius 2 is 2.06 bits per heavy atom. The Balaban J connectivity index is 1.77. The third kappa shape index (κ3) is 1.87. The van der Waals surface area contributed by atoms with Gasteiger partial charge in [-0.15, -0.1) is 0 Å². The molecular weight excluding hydrogens is 214 g/mol. The lowest BCUT2D eigenvalue weighted by Crippen LogP contribution is -2.24. The fourth-order valence-corrected chi connectivity index (χ4v) is 1.93. The second kappa shape index (κ2) is 3.93. The summed E-state index contributed by atoms with van der Waals surface area (Å²) in [6.07, 6.45) is 3.41. The Morgan fingerprint density at radius 3 is 2.88 bits per heavy atom. The number of benzene rings is 1. The molecule has 0 atom stereocenters. The molecule has 1 aromatic heterocycles. The van der Waals surface area contributed by atoms with Gasteiger partial charge in [0.25, 0.3) is 0 Å². The summed E-state index contributed by atoms with van der Waals surface area (Å²) in [5, 5.41) is 0. The van der Waals surface area contributed by atoms with Crippen molar-refractivity contribution < 1.29 is 0 Å². The molecule has 5 nitrogen and oxygen atoms in total. The van der Waals surface area contributed by atoms with Crippen LogP contribution in [0.3, 0.4) is 0 Å². The van der Waals surface area contributed by atoms with E-state index in [1.165, 1.54) is 10.2 Å². The standard InChI is InChI=1S/C12H13N5/c13-17-9-14-11-7-16(8-15-12(11)17)6-10-4-2-1-3-5-10/h1-5,8-9H,6-7,13H2. The van der Waals surface area contributed by atoms with Crippen LogP contribution in [0.5, 0.6) is 0 Å². The minimum Gasteiger partial charge on any atom is -0.352 e. The molecule has 1 aliphatic heterocycles. The molecule has 0 radical (unpaired) electrons. The molecule has 2 aromatic rings. The monoisotopic (exact) mass is 227 g/mol. The van der Waals surface area contributed by atoms with Crippen molar-refractivity contribution in [2.45, 2.75) is 13.1 Å². The Hall–Kier alpha value is -2.30. The predicted octanol–water partition coefficient (Wildman–Crippen LogP) is 1.27. The van der Waals surface area contributed by atoms with Crippen molar-refractivity contribution in [3.05, 3.63) is 47.9 Å². The SMILES string of the molecule is Nn1cnc2c1N=CN(Cc1ccccc1)C2. The van der Waals surface area contributed by atoms with Crippen LogP contribution in [0.1, 0.15) is 11.3 Å². The molecule has 3 rings (SSSR count). The van der Waals surface area contributed by atoms with Crippen molar-refractivity contribution in [2.75, 3.05) is 5.84 Å². The van der Waals surface area contributed by atoms with Gasteiger partial charge in [0.05, 0.1) is 12.9 Å². The topological polar surface area (TPSA) is 59.4 Å². The Bertz CT molecular complexity index is 543. The first-order valence-electron chi connectivity index (χ1n) is 5.46. The van der Waals surface area contributed by atoms with Crippen molar-refractivity contribution in [3.8, 4) is 0 Å². The van der Waals surface area contributed by atoms with Gasteiger partial charge >= 0.3 is 0 Å². The number of aliphatic imine (C=N–C) groups is 1. The van der Waals surface area contributed by atoms with Crippen LogP contribution >= 0.6 is 0 Å². The number of aromatic nitrogens is 2. The van der Waals surface area contributed by atoms with Crippen molar-refractivity contribution in [2.24, 2.45) is 4.99 Å². The van der Waals surface area contributed by atoms with Crippen LogP contribution in [-0.4, -0.2) is 20.9 Å². The van der Waals surface area contributed by atoms with E-state index in [9.17, 15) is 0 Å². The van der Waals surface area contributed by atoms with Gasteiger partial charge in [-0.2, -0.15) is 0 Å². The zero-order valence-electron chi connectivity index (χ0n) is 9.32. The van der Waals surface area contributed by atoms with Gasteiger partial charge in [-0.25, -0.2) is 14.7 Å². The van der Waals surface area contributed by atoms with Crippen LogP contribution in [0.4, 0.5) is 5.82 Å². The predicted molar refractivity (Wildman–Crippen MR) is 66.2 cm³/mol. The summed E-state index contributed by atoms with van der Waals surface area (Å²) in [5.41, 5.74) is 2.18. The van der Waals surface area contributed by atoms with Gasteiger partial charge in [0.2, 0.25) is 0 Å². The fourth-order valence-electron chi connectivity index (χ4n) is 1.93. The Morgan fingerprint density at radius 1 is 1.24 bits per heavy atom. The highest BCUT2D eigenvalue weighted by Crippen LogP contribution is 2.21. The molecule has 0 saturated heterocycles. The van der Waals surface area contributed by atoms with E-state index in [1.807, 2.05) is 24.5 Å². The summed E-state index contributed by atoms with van der Waals surface area (Å²) in [6.45, 7) is 1.58. The molecule has 1 aliphatic rings. The fraction of sp³-hybridized carbons (Fsp3) is 0.167. The van der Waals surface area contributed by atoms with Gasteiger partial charge in [-0.05, 0) is 5.56 Å². The lowest BCUT2D eigenvalue weighted by molar-refractivity contribution is 0.409. The summed E-state index contributed by atoms with van der Waals surface area (Å²) in [4.78, 5) is 10.7. The summed E-state index contributed by atoms with van der Waals surface area (Å²) in [7, 11) is 0. The van der Waals surface area contributed by atoms with Crippen molar-refractivity contribution in [1.82, 2.24) is 14.6 Å². The van der Waals surface area contributed by atoms with Crippen molar-refractivity contribution in [3.63, 3.8) is 0 Å². The lowest BCUT2D eigenvalue weighted by Gasteiger charge is -2.22. The average Bonchev–Trinajstić information content (AvgIpc) is 2.72. The minimum absolute atomic E-state index is 0.745. The largest absolute Gasteiger partial charge is 0.352 e. The maximum absolute atomic E-state index is 5.68. The van der Waals surface area contributed by atoms with E-state index < -0.39 is 0 Å². The van der Waals surface area contributed by atoms with Gasteiger partial charge in [0.1, 0.15) is 12.0 Å². The molecule has 2 N–H and O–H groups in total. The molecule has 0 bridgehead atoms. The first-order chi connectivity index (χ1) is 8.33. The van der Waals surface area contributed by atoms with Gasteiger partial charge in [0.15, 0.2) is 5.82 Å². The number of nitrogens with zero attached hydrogens (tertiary/aromatic N) is 4. The minimum atomic E-state index is 0.745. The van der Waals surface area contributed by atoms with E-state index in [0.29, 0.717) is 0 Å². The molecule has 0 spiro atoms. The highest BCUT2D eigenvalue weighted by Gasteiger charge is 2.16. The number of hydrogen-bond acceptors (Lipinski definition) is 4. The number of imidazole rings is 1. The Labute approximate surface area is 99.2 Å². The lowest BCUT2D eigenvalue weighted by atomic mass is 10.2. The zero-order valence-corrected chi connectivity index (χ0v) is 9.32. The van der Waals surface area contributed by atoms with Crippen LogP contribution in [0.25, 0.3) is 0 Å². The maximum atomic E-state index is 5.68. The molecule has 0 aliphatic carbocycles. The quantitative estimate of drug-likeness (QED) is 0.786. The molecule has 5 heteroatoms. The normalized spacial score (nSPS) is 13.8. The van der Waals surface area contributed by atoms with E-state index in [1.54, 1.807) is 6.33 Å². The van der Waals surface area contributed by atoms with Crippen LogP contribution in [0.2, 0.25) is 0 Å². The molecule has 0 unspecified atom stereocenters. The van der Waals surface area contributed by atoms with Crippen LogP contribution < -0.4 is 5.84 Å². The van der Waals surface area contributed by atoms with Gasteiger partial charge in [-0.1, -0.05) is 30.3 Å². The molecule has 2 heterocycles. The highest BCUT2D eigenvalue weighted by molar-refractivity contribution is 5.64. The number of hydrogen-bond donors (Lipinski definition) is 1. The summed E-state index contributed by atoms with van der Waals surface area (Å²) >= 11 is 0. The van der Waals surface area contributed by atoms with Gasteiger partial charge < -0.3 is 10.7 Å². The van der Waals surface area contributed by atoms with Crippen LogP contribution in [-0.2, 0) is 13.1 Å². The number of nitrogens with two attached hydrogens (primary N) is 1. The molecule has 0 amide bonds. The molecule has 86 valence electrons. The first-order valence-corrected chi connectivity index (χ1v) is 5.46. The third-order valence-electron chi connectivity index (χ3n) is 2.77. The van der Waals surface area contributed by atoms with Crippen LogP contribution in [0.15, 0.2) is 41.7 Å². The second-order valence-electron chi connectivity index (χ2n) is 4.06. The summed E-state index contributed by atoms with van der Waals surface area (Å²) in [5.74, 6) is 6.43. The van der Waals surface area contributed by atoms with E-state index >= 15 is 0 Å². The number of nitrogen functional groups attached to an aromatic ring is 1. The van der Waals surface area contributed by atoms with Crippen molar-refractivity contribution in [1.29, 1.82) is 0 Å². The molecule has 0 fully saturated rings. The van der Waals surface area contributed by atoms with Crippen molar-refractivity contribution >= 4 is 12.2 Å². The summed E-state index contributed by atoms with van der Waals surface area (Å²) in [6, 6.07) is 10.3. The second-order valence-corrected chi connectivity index (χ2v) is 4.06. The third-order valence-corrected chi connectivity index (χ3v) is 2.77. The summed E-state index contributed by atoms with van der Waals surface area (Å²) < 4.78 is 1.45. The molecular formula is C12H13N5. The van der Waals surface area contributed by atoms with E-state index in [2.05, 4.69) is 27.0 Å². The highest BCUT2D eigenvalue weighted by atomic mass is 15.4. The molecule has 0 saturated carbocycles. The zero-order chi connectivity index (χ0) is 11.7. The number of fused-ring (bicyclic) bond motifs is 1. The number of rotatable bonds is 2. The average molecular weight is 227 g/mol. The molecule has 17 heavy (non-hydrogen) atoms. The van der Waals surface area contributed by atoms with Crippen LogP contribution in [0, 0.1) is 0 Å². The van der Waals surface area contributed by atoms with E-state index in [0.717, 1.165) is 24.6 Å². The van der Waals surface area contributed by atoms with Gasteiger partial charge in [-0.3, -0.25) is 0 Å². The van der Waals surface area contributed by atoms with E-state index in [-0.39, 0.29) is 0 Å². The maximum Gasteiger partial charge on any atom is 0.177 e. The first kappa shape index (κ1) is 9.89. The Kier molecular flexibility index (Phi) is 2.29. The molecule has 1 aromatic carbocycles.